The molecule has 0 aromatic heterocycles. The number of rotatable bonds is 0. The molecule has 0 heterocycles. The predicted molar refractivity (Wildman–Crippen MR) is 49.2 cm³/mol. The normalized spacial score (nSPS) is 10.4. The third-order valence-corrected chi connectivity index (χ3v) is 2.81. The minimum atomic E-state index is -4.17. The first-order valence-corrected chi connectivity index (χ1v) is 5.48. The molecule has 1 rings (SSSR count). The predicted octanol–water partition coefficient (Wildman–Crippen LogP) is -0.553. The molecule has 0 atom stereocenters. The fraction of sp³-hybridized carbons (Fsp3) is 0.143. The van der Waals surface area contributed by atoms with Gasteiger partial charge in [-0.25, -0.2) is 0 Å². The Hall–Kier alpha value is 0.591. The van der Waals surface area contributed by atoms with Gasteiger partial charge < -0.3 is 15.1 Å². The molecule has 0 bridgehead atoms. The number of benzene rings is 1. The van der Waals surface area contributed by atoms with Crippen molar-refractivity contribution < 1.29 is 28.2 Å². The van der Waals surface area contributed by atoms with E-state index in [0.29, 0.717) is -0.342 Å². The third kappa shape index (κ3) is 7.48. The van der Waals surface area contributed by atoms with Gasteiger partial charge in [0.2, 0.25) is 0 Å². The van der Waals surface area contributed by atoms with Crippen LogP contribution in [0.4, 0.5) is 13.2 Å². The Labute approximate surface area is 119 Å². The van der Waals surface area contributed by atoms with Crippen LogP contribution in [-0.2, 0) is 6.18 Å². The van der Waals surface area contributed by atoms with E-state index in [0.717, 1.165) is 6.07 Å². The first-order chi connectivity index (χ1) is 6.75. The van der Waals surface area contributed by atoms with Gasteiger partial charge >= 0.3 is 105 Å². The number of alkyl halides is 3. The summed E-state index contributed by atoms with van der Waals surface area (Å²) in [5.74, 6) is 0. The SMILES string of the molecule is FC(F)(F)c1cccc[c]1[K].OB(O)O. The number of hydrogen-bond acceptors (Lipinski definition) is 3. The third-order valence-electron chi connectivity index (χ3n) is 1.45. The molecule has 0 spiro atoms. The molecule has 1 aromatic carbocycles. The Kier molecular flexibility index (Phi) is 7.30. The zero-order valence-corrected chi connectivity index (χ0v) is 11.0. The minimum absolute atomic E-state index is 0.0825. The average molecular weight is 246 g/mol. The van der Waals surface area contributed by atoms with Crippen molar-refractivity contribution in [3.63, 3.8) is 0 Å². The molecule has 3 nitrogen and oxygen atoms in total. The van der Waals surface area contributed by atoms with Crippen molar-refractivity contribution in [2.75, 3.05) is 0 Å². The molecule has 0 aliphatic rings. The van der Waals surface area contributed by atoms with Crippen LogP contribution in [0, 0.1) is 0 Å². The van der Waals surface area contributed by atoms with Gasteiger partial charge in [-0.3, -0.25) is 0 Å². The van der Waals surface area contributed by atoms with Gasteiger partial charge in [0.05, 0.1) is 0 Å². The Balaban J connectivity index is 0.000000423. The summed E-state index contributed by atoms with van der Waals surface area (Å²) in [6.45, 7) is 0. The molecule has 3 N–H and O–H groups in total. The summed E-state index contributed by atoms with van der Waals surface area (Å²) in [5.41, 5.74) is -0.472. The van der Waals surface area contributed by atoms with Crippen LogP contribution < -0.4 is -0.342 Å². The van der Waals surface area contributed by atoms with Gasteiger partial charge in [0.25, 0.3) is 0 Å². The molecule has 0 amide bonds. The van der Waals surface area contributed by atoms with Crippen LogP contribution in [0.2, 0.25) is 0 Å². The van der Waals surface area contributed by atoms with Crippen LogP contribution in [-0.4, -0.2) is 71.3 Å². The van der Waals surface area contributed by atoms with Gasteiger partial charge in [-0.15, -0.1) is 0 Å². The molecule has 0 unspecified atom stereocenters. The summed E-state index contributed by atoms with van der Waals surface area (Å²) < 4.78 is 36.7. The van der Waals surface area contributed by atoms with Crippen LogP contribution in [0.25, 0.3) is 0 Å². The maximum Gasteiger partial charge on any atom is 0.631 e. The standard InChI is InChI=1S/C7H4F3.BH3O3.K/c8-7(9,10)6-4-2-1-3-5-6;2-1(3)4;/h1-4H;2-4H;. The minimum Gasteiger partial charge on any atom is -0.402 e. The van der Waals surface area contributed by atoms with E-state index < -0.39 is 19.1 Å². The van der Waals surface area contributed by atoms with Crippen molar-refractivity contribution >= 4 is 55.9 Å². The van der Waals surface area contributed by atoms with E-state index in [1.807, 2.05) is 0 Å². The molecule has 8 heteroatoms. The van der Waals surface area contributed by atoms with Crippen LogP contribution in [0.1, 0.15) is 5.56 Å². The quantitative estimate of drug-likeness (QED) is 0.538. The fourth-order valence-electron chi connectivity index (χ4n) is 0.891. The summed E-state index contributed by atoms with van der Waals surface area (Å²) in [6.07, 6.45) is -4.17. The van der Waals surface area contributed by atoms with Gasteiger partial charge in [0, 0.05) is 0 Å². The Morgan fingerprint density at radius 3 is 1.73 bits per heavy atom. The van der Waals surface area contributed by atoms with E-state index >= 15 is 0 Å². The molecule has 15 heavy (non-hydrogen) atoms. The summed E-state index contributed by atoms with van der Waals surface area (Å²) in [4.78, 5) is 0. The topological polar surface area (TPSA) is 60.7 Å². The van der Waals surface area contributed by atoms with E-state index in [2.05, 4.69) is 0 Å². The first-order valence-electron chi connectivity index (χ1n) is 3.92. The Bertz CT molecular complexity index is 303. The molecule has 0 aliphatic heterocycles. The van der Waals surface area contributed by atoms with Crippen LogP contribution in [0.5, 0.6) is 0 Å². The Morgan fingerprint density at radius 2 is 1.47 bits per heavy atom. The second-order valence-electron chi connectivity index (χ2n) is 2.66. The van der Waals surface area contributed by atoms with E-state index in [-0.39, 0.29) is 49.0 Å². The smallest absolute Gasteiger partial charge is 0.402 e. The second kappa shape index (κ2) is 7.02. The van der Waals surface area contributed by atoms with Crippen molar-refractivity contribution in [2.24, 2.45) is 0 Å². The largest absolute Gasteiger partial charge is 0.631 e. The summed E-state index contributed by atoms with van der Waals surface area (Å²) in [5, 5.41) is 21.5. The van der Waals surface area contributed by atoms with E-state index in [9.17, 15) is 13.2 Å². The molecule has 0 fully saturated rings. The van der Waals surface area contributed by atoms with Gasteiger partial charge in [-0.05, 0) is 0 Å². The second-order valence-corrected chi connectivity index (χ2v) is 4.34. The van der Waals surface area contributed by atoms with E-state index in [1.165, 1.54) is 12.1 Å². The summed E-state index contributed by atoms with van der Waals surface area (Å²) in [6, 6.07) is 5.71. The van der Waals surface area contributed by atoms with Crippen LogP contribution in [0.3, 0.4) is 0 Å². The molecule has 0 radical (unpaired) electrons. The Morgan fingerprint density at radius 1 is 1.07 bits per heavy atom. The molecule has 0 saturated heterocycles. The molecule has 1 aromatic rings. The molecule has 0 saturated carbocycles. The average Bonchev–Trinajstić information content (AvgIpc) is 2.01. The van der Waals surface area contributed by atoms with E-state index in [1.54, 1.807) is 6.07 Å². The molecular weight excluding hydrogens is 239 g/mol. The summed E-state index contributed by atoms with van der Waals surface area (Å²) >= 11 is 0.0825. The van der Waals surface area contributed by atoms with Gasteiger partial charge in [0.1, 0.15) is 0 Å². The van der Waals surface area contributed by atoms with Crippen molar-refractivity contribution in [3.05, 3.63) is 29.8 Å². The maximum atomic E-state index is 12.1. The van der Waals surface area contributed by atoms with E-state index in [4.69, 9.17) is 15.1 Å². The molecular formula is C7H7BF3KO3. The van der Waals surface area contributed by atoms with Crippen molar-refractivity contribution in [1.82, 2.24) is 0 Å². The van der Waals surface area contributed by atoms with Gasteiger partial charge in [-0.1, -0.05) is 0 Å². The van der Waals surface area contributed by atoms with Crippen molar-refractivity contribution in [3.8, 4) is 0 Å². The number of hydrogen-bond donors (Lipinski definition) is 3. The number of halogens is 3. The zero-order valence-electron chi connectivity index (χ0n) is 7.86. The van der Waals surface area contributed by atoms with Crippen LogP contribution >= 0.6 is 0 Å². The molecule has 78 valence electrons. The van der Waals surface area contributed by atoms with Gasteiger partial charge in [0.15, 0.2) is 0 Å². The fourth-order valence-corrected chi connectivity index (χ4v) is 1.89. The van der Waals surface area contributed by atoms with Gasteiger partial charge in [-0.2, -0.15) is 0 Å². The first kappa shape index (κ1) is 15.6. The summed E-state index contributed by atoms with van der Waals surface area (Å²) in [7, 11) is -2.17. The molecule has 0 aliphatic carbocycles. The maximum absolute atomic E-state index is 12.1. The van der Waals surface area contributed by atoms with Crippen LogP contribution in [0.15, 0.2) is 24.3 Å². The van der Waals surface area contributed by atoms with Crippen molar-refractivity contribution in [1.29, 1.82) is 0 Å². The monoisotopic (exact) mass is 246 g/mol. The van der Waals surface area contributed by atoms with Crippen molar-refractivity contribution in [2.45, 2.75) is 6.18 Å². The zero-order chi connectivity index (χ0) is 12.1.